The van der Waals surface area contributed by atoms with Gasteiger partial charge in [-0.25, -0.2) is 0 Å². The van der Waals surface area contributed by atoms with E-state index in [0.717, 1.165) is 22.8 Å². The first-order valence-corrected chi connectivity index (χ1v) is 7.36. The average molecular weight is 276 g/mol. The highest BCUT2D eigenvalue weighted by molar-refractivity contribution is 7.71. The molecule has 3 heterocycles. The molecule has 1 saturated heterocycles. The van der Waals surface area contributed by atoms with E-state index in [0.29, 0.717) is 0 Å². The fourth-order valence-electron chi connectivity index (χ4n) is 2.90. The van der Waals surface area contributed by atoms with Crippen LogP contribution < -0.4 is 0 Å². The summed E-state index contributed by atoms with van der Waals surface area (Å²) in [5.74, 6) is 0.838. The van der Waals surface area contributed by atoms with Crippen LogP contribution in [0.1, 0.15) is 19.3 Å². The molecule has 1 fully saturated rings. The van der Waals surface area contributed by atoms with Crippen molar-refractivity contribution in [2.45, 2.75) is 25.8 Å². The minimum Gasteiger partial charge on any atom is -0.329 e. The Morgan fingerprint density at radius 2 is 2.21 bits per heavy atom. The molecular weight excluding hydrogens is 256 g/mol. The molecule has 0 unspecified atom stereocenters. The van der Waals surface area contributed by atoms with Crippen LogP contribution in [-0.2, 0) is 6.54 Å². The smallest absolute Gasteiger partial charge is 0.178 e. The standard InChI is InChI=1S/C14H20N4S/c1-17-7-3-11(4-8-17)5-9-18-13-2-6-15-10-12(13)16-14(18)19/h2,6,10-11H,3-5,7-9H2,1H3,(H,16,19). The highest BCUT2D eigenvalue weighted by Gasteiger charge is 2.16. The number of nitrogens with one attached hydrogen (secondary N) is 1. The number of likely N-dealkylation sites (tertiary alicyclic amines) is 1. The molecule has 0 aliphatic carbocycles. The van der Waals surface area contributed by atoms with Crippen molar-refractivity contribution >= 4 is 23.3 Å². The summed E-state index contributed by atoms with van der Waals surface area (Å²) in [7, 11) is 2.21. The number of rotatable bonds is 3. The van der Waals surface area contributed by atoms with Crippen molar-refractivity contribution in [3.05, 3.63) is 23.2 Å². The zero-order valence-electron chi connectivity index (χ0n) is 11.3. The van der Waals surface area contributed by atoms with Gasteiger partial charge in [0.25, 0.3) is 0 Å². The van der Waals surface area contributed by atoms with Crippen molar-refractivity contribution in [2.24, 2.45) is 5.92 Å². The Morgan fingerprint density at radius 1 is 1.42 bits per heavy atom. The average Bonchev–Trinajstić information content (AvgIpc) is 2.74. The van der Waals surface area contributed by atoms with Gasteiger partial charge in [-0.05, 0) is 63.6 Å². The third-order valence-corrected chi connectivity index (χ3v) is 4.50. The second kappa shape index (κ2) is 5.43. The lowest BCUT2D eigenvalue weighted by Gasteiger charge is -2.28. The van der Waals surface area contributed by atoms with Gasteiger partial charge in [0.2, 0.25) is 0 Å². The van der Waals surface area contributed by atoms with E-state index in [1.165, 1.54) is 37.9 Å². The zero-order chi connectivity index (χ0) is 13.2. The molecule has 2 aromatic rings. The molecular formula is C14H20N4S. The first kappa shape index (κ1) is 12.8. The number of piperidine rings is 1. The first-order valence-electron chi connectivity index (χ1n) is 6.95. The fraction of sp³-hybridized carbons (Fsp3) is 0.571. The Labute approximate surface area is 118 Å². The molecule has 5 heteroatoms. The molecule has 0 amide bonds. The Kier molecular flexibility index (Phi) is 3.66. The predicted molar refractivity (Wildman–Crippen MR) is 79.8 cm³/mol. The molecule has 102 valence electrons. The number of aromatic amines is 1. The monoisotopic (exact) mass is 276 g/mol. The van der Waals surface area contributed by atoms with Crippen LogP contribution in [0.15, 0.2) is 18.5 Å². The highest BCUT2D eigenvalue weighted by Crippen LogP contribution is 2.21. The van der Waals surface area contributed by atoms with Crippen LogP contribution in [-0.4, -0.2) is 39.6 Å². The molecule has 1 aliphatic rings. The second-order valence-corrected chi connectivity index (χ2v) is 5.90. The lowest BCUT2D eigenvalue weighted by Crippen LogP contribution is -2.30. The number of hydrogen-bond acceptors (Lipinski definition) is 3. The number of aryl methyl sites for hydroxylation is 1. The fourth-order valence-corrected chi connectivity index (χ4v) is 3.19. The Bertz CT molecular complexity index is 607. The predicted octanol–water partition coefficient (Wildman–Crippen LogP) is 2.83. The Balaban J connectivity index is 1.72. The van der Waals surface area contributed by atoms with Crippen molar-refractivity contribution in [3.63, 3.8) is 0 Å². The third-order valence-electron chi connectivity index (χ3n) is 4.17. The first-order chi connectivity index (χ1) is 9.24. The number of hydrogen-bond donors (Lipinski definition) is 1. The lowest BCUT2D eigenvalue weighted by molar-refractivity contribution is 0.208. The minimum absolute atomic E-state index is 0.816. The van der Waals surface area contributed by atoms with Crippen LogP contribution >= 0.6 is 12.2 Å². The molecule has 0 saturated carbocycles. The molecule has 0 spiro atoms. The van der Waals surface area contributed by atoms with Gasteiger partial charge in [0.05, 0.1) is 17.2 Å². The van der Waals surface area contributed by atoms with Crippen molar-refractivity contribution in [2.75, 3.05) is 20.1 Å². The molecule has 3 rings (SSSR count). The summed E-state index contributed by atoms with van der Waals surface area (Å²) < 4.78 is 3.03. The van der Waals surface area contributed by atoms with Gasteiger partial charge in [0.1, 0.15) is 0 Å². The molecule has 0 aromatic carbocycles. The van der Waals surface area contributed by atoms with E-state index in [9.17, 15) is 0 Å². The molecule has 2 aromatic heterocycles. The van der Waals surface area contributed by atoms with Gasteiger partial charge in [-0.3, -0.25) is 4.98 Å². The topological polar surface area (TPSA) is 36.9 Å². The van der Waals surface area contributed by atoms with E-state index in [2.05, 4.69) is 26.5 Å². The Morgan fingerprint density at radius 3 is 3.00 bits per heavy atom. The van der Waals surface area contributed by atoms with Gasteiger partial charge >= 0.3 is 0 Å². The molecule has 0 atom stereocenters. The van der Waals surface area contributed by atoms with Crippen molar-refractivity contribution in [1.82, 2.24) is 19.4 Å². The van der Waals surface area contributed by atoms with Gasteiger partial charge in [-0.1, -0.05) is 0 Å². The lowest BCUT2D eigenvalue weighted by atomic mass is 9.94. The molecule has 0 bridgehead atoms. The normalized spacial score (nSPS) is 18.2. The summed E-state index contributed by atoms with van der Waals surface area (Å²) in [6.07, 6.45) is 7.52. The summed E-state index contributed by atoms with van der Waals surface area (Å²) >= 11 is 5.41. The molecule has 19 heavy (non-hydrogen) atoms. The van der Waals surface area contributed by atoms with E-state index in [-0.39, 0.29) is 0 Å². The van der Waals surface area contributed by atoms with Crippen LogP contribution in [0.4, 0.5) is 0 Å². The summed E-state index contributed by atoms with van der Waals surface area (Å²) in [4.78, 5) is 9.77. The second-order valence-electron chi connectivity index (χ2n) is 5.51. The molecule has 1 N–H and O–H groups in total. The number of H-pyrrole nitrogens is 1. The number of nitrogens with zero attached hydrogens (tertiary/aromatic N) is 3. The number of pyridine rings is 1. The van der Waals surface area contributed by atoms with Crippen molar-refractivity contribution in [1.29, 1.82) is 0 Å². The van der Waals surface area contributed by atoms with Crippen molar-refractivity contribution in [3.8, 4) is 0 Å². The van der Waals surface area contributed by atoms with E-state index >= 15 is 0 Å². The van der Waals surface area contributed by atoms with Gasteiger partial charge in [0.15, 0.2) is 4.77 Å². The van der Waals surface area contributed by atoms with E-state index in [1.807, 2.05) is 18.5 Å². The maximum Gasteiger partial charge on any atom is 0.178 e. The van der Waals surface area contributed by atoms with Gasteiger partial charge in [-0.15, -0.1) is 0 Å². The number of fused-ring (bicyclic) bond motifs is 1. The molecule has 0 radical (unpaired) electrons. The van der Waals surface area contributed by atoms with E-state index in [1.54, 1.807) is 0 Å². The van der Waals surface area contributed by atoms with Gasteiger partial charge < -0.3 is 14.5 Å². The number of aromatic nitrogens is 3. The summed E-state index contributed by atoms with van der Waals surface area (Å²) in [5, 5.41) is 0. The van der Waals surface area contributed by atoms with Gasteiger partial charge in [0, 0.05) is 12.7 Å². The van der Waals surface area contributed by atoms with Crippen molar-refractivity contribution < 1.29 is 0 Å². The van der Waals surface area contributed by atoms with Crippen LogP contribution in [0.5, 0.6) is 0 Å². The van der Waals surface area contributed by atoms with Crippen LogP contribution in [0.25, 0.3) is 11.0 Å². The number of imidazole rings is 1. The maximum atomic E-state index is 5.41. The van der Waals surface area contributed by atoms with Gasteiger partial charge in [-0.2, -0.15) is 0 Å². The highest BCUT2D eigenvalue weighted by atomic mass is 32.1. The zero-order valence-corrected chi connectivity index (χ0v) is 12.1. The summed E-state index contributed by atoms with van der Waals surface area (Å²) in [6.45, 7) is 3.47. The largest absolute Gasteiger partial charge is 0.329 e. The summed E-state index contributed by atoms with van der Waals surface area (Å²) in [6, 6.07) is 2.04. The Hall–Kier alpha value is -1.20. The molecule has 1 aliphatic heterocycles. The SMILES string of the molecule is CN1CCC(CCn2c(=S)[nH]c3cnccc32)CC1. The quantitative estimate of drug-likeness (QED) is 0.876. The van der Waals surface area contributed by atoms with E-state index in [4.69, 9.17) is 12.2 Å². The third kappa shape index (κ3) is 2.72. The molecule has 4 nitrogen and oxygen atoms in total. The van der Waals surface area contributed by atoms with E-state index < -0.39 is 0 Å². The minimum atomic E-state index is 0.816. The van der Waals surface area contributed by atoms with Crippen LogP contribution in [0, 0.1) is 10.7 Å². The van der Waals surface area contributed by atoms with Crippen LogP contribution in [0.3, 0.4) is 0 Å². The van der Waals surface area contributed by atoms with Crippen LogP contribution in [0.2, 0.25) is 0 Å². The summed E-state index contributed by atoms with van der Waals surface area (Å²) in [5.41, 5.74) is 2.21. The maximum absolute atomic E-state index is 5.41.